The van der Waals surface area contributed by atoms with Crippen LogP contribution in [0.15, 0.2) is 49.7 Å². The van der Waals surface area contributed by atoms with E-state index in [9.17, 15) is 26.4 Å². The number of pyridine rings is 2. The molecule has 144 valence electrons. The van der Waals surface area contributed by atoms with Crippen molar-refractivity contribution in [2.24, 2.45) is 0 Å². The number of nitrogens with zero attached hydrogens (tertiary/aromatic N) is 4. The Morgan fingerprint density at radius 3 is 2.63 bits per heavy atom. The molecule has 0 bridgehead atoms. The van der Waals surface area contributed by atoms with Gasteiger partial charge >= 0.3 is 11.2 Å². The first-order valence-corrected chi connectivity index (χ1v) is 10.5. The highest BCUT2D eigenvalue weighted by molar-refractivity contribution is 9.10. The molecule has 0 fully saturated rings. The molecule has 7 nitrogen and oxygen atoms in total. The molecule has 0 amide bonds. The number of halogens is 4. The van der Waals surface area contributed by atoms with E-state index in [1.807, 2.05) is 0 Å². The Kier molecular flexibility index (Phi) is 5.12. The van der Waals surface area contributed by atoms with Gasteiger partial charge in [-0.1, -0.05) is 6.92 Å². The van der Waals surface area contributed by atoms with Crippen LogP contribution in [0.5, 0.6) is 0 Å². The van der Waals surface area contributed by atoms with Gasteiger partial charge in [0.15, 0.2) is 21.3 Å². The summed E-state index contributed by atoms with van der Waals surface area (Å²) < 4.78 is 64.4. The summed E-state index contributed by atoms with van der Waals surface area (Å²) in [4.78, 5) is 16.2. The lowest BCUT2D eigenvalue weighted by Gasteiger charge is -2.07. The predicted molar refractivity (Wildman–Crippen MR) is 95.9 cm³/mol. The largest absolute Gasteiger partial charge is 0.446 e. The van der Waals surface area contributed by atoms with E-state index >= 15 is 0 Å². The molecule has 3 heterocycles. The van der Waals surface area contributed by atoms with Crippen LogP contribution in [0, 0.1) is 0 Å². The second-order valence-corrected chi connectivity index (χ2v) is 9.51. The van der Waals surface area contributed by atoms with Gasteiger partial charge in [-0.2, -0.15) is 17.9 Å². The van der Waals surface area contributed by atoms with Gasteiger partial charge in [0.1, 0.15) is 4.90 Å². The average molecular weight is 483 g/mol. The molecule has 0 saturated carbocycles. The van der Waals surface area contributed by atoms with E-state index in [0.29, 0.717) is 4.47 Å². The molecule has 0 aliphatic heterocycles. The number of alkyl halides is 3. The van der Waals surface area contributed by atoms with Crippen LogP contribution in [-0.2, 0) is 9.84 Å². The summed E-state index contributed by atoms with van der Waals surface area (Å²) in [6.45, 7) is 1.44. The van der Waals surface area contributed by atoms with Crippen LogP contribution in [0.4, 0.5) is 13.2 Å². The molecule has 0 saturated heterocycles. The Morgan fingerprint density at radius 1 is 1.30 bits per heavy atom. The minimum atomic E-state index is -4.51. The minimum Gasteiger partial charge on any atom is -0.249 e. The third-order valence-electron chi connectivity index (χ3n) is 3.44. The van der Waals surface area contributed by atoms with Crippen LogP contribution in [0.2, 0.25) is 0 Å². The molecule has 27 heavy (non-hydrogen) atoms. The molecular weight excluding hydrogens is 473 g/mol. The lowest BCUT2D eigenvalue weighted by atomic mass is 10.4. The van der Waals surface area contributed by atoms with Gasteiger partial charge in [0, 0.05) is 21.8 Å². The quantitative estimate of drug-likeness (QED) is 0.531. The normalized spacial score (nSPS) is 12.6. The smallest absolute Gasteiger partial charge is 0.249 e. The van der Waals surface area contributed by atoms with Gasteiger partial charge in [-0.05, 0) is 45.9 Å². The van der Waals surface area contributed by atoms with Crippen molar-refractivity contribution in [3.8, 4) is 5.82 Å². The highest BCUT2D eigenvalue weighted by atomic mass is 79.9. The molecule has 0 aliphatic carbocycles. The fourth-order valence-corrected chi connectivity index (χ4v) is 4.32. The molecular formula is C14H10BrF3N4O3S2. The number of fused-ring (bicyclic) bond motifs is 1. The maximum Gasteiger partial charge on any atom is 0.446 e. The molecule has 13 heteroatoms. The van der Waals surface area contributed by atoms with Crippen LogP contribution < -0.4 is 5.69 Å². The summed E-state index contributed by atoms with van der Waals surface area (Å²) in [6.07, 6.45) is 2.29. The third kappa shape index (κ3) is 4.04. The standard InChI is InChI=1S/C14H10BrF3N4O3S2/c1-2-27(24,25)10-5-8(15)6-19-12(10)22-13(23)21-7-9(26-14(16,17)18)3-4-11(21)20-22/h3-7H,2H2,1H3. The van der Waals surface area contributed by atoms with Crippen molar-refractivity contribution in [3.63, 3.8) is 0 Å². The fourth-order valence-electron chi connectivity index (χ4n) is 2.24. The summed E-state index contributed by atoms with van der Waals surface area (Å²) >= 11 is 2.76. The highest BCUT2D eigenvalue weighted by Gasteiger charge is 2.30. The molecule has 0 atom stereocenters. The van der Waals surface area contributed by atoms with Gasteiger partial charge in [-0.3, -0.25) is 0 Å². The first kappa shape index (κ1) is 19.9. The molecule has 0 unspecified atom stereocenters. The lowest BCUT2D eigenvalue weighted by Crippen LogP contribution is -2.23. The molecule has 3 aromatic rings. The summed E-state index contributed by atoms with van der Waals surface area (Å²) in [7, 11) is -3.74. The zero-order valence-electron chi connectivity index (χ0n) is 13.4. The van der Waals surface area contributed by atoms with Gasteiger partial charge in [0.25, 0.3) is 0 Å². The van der Waals surface area contributed by atoms with Gasteiger partial charge in [-0.25, -0.2) is 22.6 Å². The minimum absolute atomic E-state index is 0.0519. The maximum absolute atomic E-state index is 12.6. The van der Waals surface area contributed by atoms with Crippen molar-refractivity contribution in [2.45, 2.75) is 22.2 Å². The second kappa shape index (κ2) is 6.95. The van der Waals surface area contributed by atoms with Crippen molar-refractivity contribution in [1.82, 2.24) is 19.2 Å². The third-order valence-corrected chi connectivity index (χ3v) is 6.31. The first-order chi connectivity index (χ1) is 12.5. The van der Waals surface area contributed by atoms with Gasteiger partial charge in [-0.15, -0.1) is 5.10 Å². The summed E-state index contributed by atoms with van der Waals surface area (Å²) in [5.74, 6) is -0.453. The highest BCUT2D eigenvalue weighted by Crippen LogP contribution is 2.36. The summed E-state index contributed by atoms with van der Waals surface area (Å²) in [6, 6.07) is 3.70. The molecule has 0 radical (unpaired) electrons. The average Bonchev–Trinajstić information content (AvgIpc) is 2.90. The van der Waals surface area contributed by atoms with Gasteiger partial charge in [0.2, 0.25) is 0 Å². The van der Waals surface area contributed by atoms with E-state index in [-0.39, 0.29) is 38.8 Å². The van der Waals surface area contributed by atoms with Crippen LogP contribution >= 0.6 is 27.7 Å². The van der Waals surface area contributed by atoms with Crippen molar-refractivity contribution in [3.05, 3.63) is 45.5 Å². The van der Waals surface area contributed by atoms with Crippen LogP contribution in [0.25, 0.3) is 11.5 Å². The van der Waals surface area contributed by atoms with E-state index in [4.69, 9.17) is 0 Å². The number of hydrogen-bond acceptors (Lipinski definition) is 6. The van der Waals surface area contributed by atoms with Crippen molar-refractivity contribution >= 4 is 43.2 Å². The summed E-state index contributed by atoms with van der Waals surface area (Å²) in [5, 5.41) is 3.99. The zero-order valence-corrected chi connectivity index (χ0v) is 16.7. The Hall–Kier alpha value is -1.86. The van der Waals surface area contributed by atoms with Crippen LogP contribution in [-0.4, -0.2) is 38.8 Å². The van der Waals surface area contributed by atoms with E-state index in [1.54, 1.807) is 0 Å². The fraction of sp³-hybridized carbons (Fsp3) is 0.214. The van der Waals surface area contributed by atoms with E-state index < -0.39 is 21.0 Å². The Morgan fingerprint density at radius 2 is 2.00 bits per heavy atom. The van der Waals surface area contributed by atoms with Crippen LogP contribution in [0.3, 0.4) is 0 Å². The topological polar surface area (TPSA) is 86.3 Å². The number of sulfone groups is 1. The Labute approximate surface area is 163 Å². The first-order valence-electron chi connectivity index (χ1n) is 7.27. The van der Waals surface area contributed by atoms with E-state index in [2.05, 4.69) is 26.0 Å². The molecule has 0 aromatic carbocycles. The number of thioether (sulfide) groups is 1. The zero-order chi connectivity index (χ0) is 20.0. The van der Waals surface area contributed by atoms with Crippen molar-refractivity contribution in [2.75, 3.05) is 5.75 Å². The van der Waals surface area contributed by atoms with Crippen molar-refractivity contribution in [1.29, 1.82) is 0 Å². The maximum atomic E-state index is 12.6. The molecule has 3 aromatic heterocycles. The monoisotopic (exact) mass is 482 g/mol. The number of rotatable bonds is 4. The van der Waals surface area contributed by atoms with Crippen molar-refractivity contribution < 1.29 is 21.6 Å². The lowest BCUT2D eigenvalue weighted by molar-refractivity contribution is -0.0328. The van der Waals surface area contributed by atoms with Gasteiger partial charge in [0.05, 0.1) is 5.75 Å². The van der Waals surface area contributed by atoms with Gasteiger partial charge < -0.3 is 0 Å². The molecule has 0 N–H and O–H groups in total. The number of aromatic nitrogens is 4. The Bertz CT molecular complexity index is 1190. The predicted octanol–water partition coefficient (Wildman–Crippen LogP) is 3.05. The SMILES string of the molecule is CCS(=O)(=O)c1cc(Br)cnc1-n1nc2ccc(SC(F)(F)F)cn2c1=O. The second-order valence-electron chi connectivity index (χ2n) is 5.21. The Balaban J connectivity index is 2.22. The number of hydrogen-bond donors (Lipinski definition) is 0. The van der Waals surface area contributed by atoms with E-state index in [1.165, 1.54) is 31.3 Å². The van der Waals surface area contributed by atoms with Crippen LogP contribution in [0.1, 0.15) is 6.92 Å². The summed E-state index contributed by atoms with van der Waals surface area (Å²) in [5.41, 5.74) is -5.30. The molecule has 0 spiro atoms. The molecule has 0 aliphatic rings. The molecule has 3 rings (SSSR count). The van der Waals surface area contributed by atoms with E-state index in [0.717, 1.165) is 15.3 Å².